The van der Waals surface area contributed by atoms with Crippen LogP contribution >= 0.6 is 0 Å². The molecule has 1 aromatic heterocycles. The monoisotopic (exact) mass is 277 g/mol. The van der Waals surface area contributed by atoms with Crippen molar-refractivity contribution in [3.05, 3.63) is 17.5 Å². The number of hydrogen-bond acceptors (Lipinski definition) is 4. The maximum Gasteiger partial charge on any atom is 0.339 e. The van der Waals surface area contributed by atoms with Crippen molar-refractivity contribution in [2.45, 2.75) is 46.0 Å². The summed E-state index contributed by atoms with van der Waals surface area (Å²) in [5, 5.41) is 12.2. The molecule has 0 unspecified atom stereocenters. The Hall–Kier alpha value is -1.65. The lowest BCUT2D eigenvalue weighted by molar-refractivity contribution is 0.0695. The molecule has 1 aliphatic carbocycles. The third kappa shape index (κ3) is 3.68. The van der Waals surface area contributed by atoms with Crippen LogP contribution < -0.4 is 5.32 Å². The molecule has 1 fully saturated rings. The number of aromatic carboxylic acids is 1. The smallest absolute Gasteiger partial charge is 0.339 e. The summed E-state index contributed by atoms with van der Waals surface area (Å²) < 4.78 is 0. The molecular weight excluding hydrogens is 254 g/mol. The van der Waals surface area contributed by atoms with Gasteiger partial charge >= 0.3 is 5.97 Å². The zero-order valence-electron chi connectivity index (χ0n) is 12.2. The van der Waals surface area contributed by atoms with Crippen molar-refractivity contribution >= 4 is 11.9 Å². The van der Waals surface area contributed by atoms with E-state index in [1.807, 2.05) is 0 Å². The fraction of sp³-hybridized carbons (Fsp3) is 0.667. The highest BCUT2D eigenvalue weighted by molar-refractivity contribution is 5.88. The van der Waals surface area contributed by atoms with Crippen LogP contribution in [0.1, 0.15) is 55.1 Å². The van der Waals surface area contributed by atoms with E-state index in [1.165, 1.54) is 38.3 Å². The summed E-state index contributed by atoms with van der Waals surface area (Å²) in [7, 11) is 0. The average molecular weight is 277 g/mol. The van der Waals surface area contributed by atoms with Gasteiger partial charge in [-0.1, -0.05) is 26.2 Å². The maximum atomic E-state index is 10.9. The Morgan fingerprint density at radius 1 is 1.35 bits per heavy atom. The minimum absolute atomic E-state index is 0.166. The fourth-order valence-electron chi connectivity index (χ4n) is 2.84. The molecule has 1 heterocycles. The molecular formula is C15H23N3O2. The van der Waals surface area contributed by atoms with E-state index in [1.54, 1.807) is 6.92 Å². The maximum absolute atomic E-state index is 10.9. The van der Waals surface area contributed by atoms with Gasteiger partial charge in [-0.25, -0.2) is 14.8 Å². The topological polar surface area (TPSA) is 75.1 Å². The molecule has 0 atom stereocenters. The molecule has 0 aromatic carbocycles. The number of carboxylic acid groups (broad SMARTS) is 1. The molecule has 2 N–H and O–H groups in total. The zero-order chi connectivity index (χ0) is 14.5. The van der Waals surface area contributed by atoms with E-state index in [2.05, 4.69) is 22.2 Å². The average Bonchev–Trinajstić information content (AvgIpc) is 2.45. The van der Waals surface area contributed by atoms with E-state index < -0.39 is 5.97 Å². The molecule has 1 saturated carbocycles. The number of aromatic nitrogens is 2. The van der Waals surface area contributed by atoms with Crippen LogP contribution in [0.4, 0.5) is 5.95 Å². The zero-order valence-corrected chi connectivity index (χ0v) is 12.2. The number of anilines is 1. The van der Waals surface area contributed by atoms with Crippen LogP contribution in [0.3, 0.4) is 0 Å². The van der Waals surface area contributed by atoms with Gasteiger partial charge < -0.3 is 10.4 Å². The van der Waals surface area contributed by atoms with Gasteiger partial charge in [0, 0.05) is 12.7 Å². The normalized spacial score (nSPS) is 22.5. The highest BCUT2D eigenvalue weighted by Gasteiger charge is 2.20. The molecule has 5 heteroatoms. The lowest BCUT2D eigenvalue weighted by Crippen LogP contribution is -2.22. The standard InChI is InChI=1S/C15H23N3O2/c1-3-11-4-6-12(7-5-11)8-16-15-17-9-13(14(19)20)10(2)18-15/h9,11-12H,3-8H2,1-2H3,(H,19,20)(H,16,17,18). The van der Waals surface area contributed by atoms with E-state index >= 15 is 0 Å². The Kier molecular flexibility index (Phi) is 4.93. The van der Waals surface area contributed by atoms with Gasteiger partial charge in [0.1, 0.15) is 0 Å². The van der Waals surface area contributed by atoms with E-state index in [-0.39, 0.29) is 5.56 Å². The Bertz CT molecular complexity index is 468. The summed E-state index contributed by atoms with van der Waals surface area (Å²) in [6.07, 6.45) is 7.83. The number of aryl methyl sites for hydroxylation is 1. The molecule has 0 spiro atoms. The molecule has 0 amide bonds. The van der Waals surface area contributed by atoms with Crippen molar-refractivity contribution in [2.75, 3.05) is 11.9 Å². The Labute approximate surface area is 119 Å². The summed E-state index contributed by atoms with van der Waals surface area (Å²) in [4.78, 5) is 19.2. The summed E-state index contributed by atoms with van der Waals surface area (Å²) in [5.41, 5.74) is 0.670. The molecule has 110 valence electrons. The number of carboxylic acids is 1. The van der Waals surface area contributed by atoms with Gasteiger partial charge in [-0.15, -0.1) is 0 Å². The molecule has 0 aliphatic heterocycles. The van der Waals surface area contributed by atoms with Crippen LogP contribution in [0.2, 0.25) is 0 Å². The summed E-state index contributed by atoms with van der Waals surface area (Å²) in [6, 6.07) is 0. The molecule has 2 rings (SSSR count). The van der Waals surface area contributed by atoms with E-state index in [9.17, 15) is 4.79 Å². The first-order chi connectivity index (χ1) is 9.60. The number of carbonyl (C=O) groups is 1. The molecule has 20 heavy (non-hydrogen) atoms. The second kappa shape index (κ2) is 6.68. The highest BCUT2D eigenvalue weighted by atomic mass is 16.4. The van der Waals surface area contributed by atoms with Gasteiger partial charge in [-0.2, -0.15) is 0 Å². The van der Waals surface area contributed by atoms with Gasteiger partial charge in [0.15, 0.2) is 0 Å². The number of nitrogens with zero attached hydrogens (tertiary/aromatic N) is 2. The molecule has 0 saturated heterocycles. The second-order valence-corrected chi connectivity index (χ2v) is 5.67. The summed E-state index contributed by atoms with van der Waals surface area (Å²) in [5.74, 6) is 1.14. The lowest BCUT2D eigenvalue weighted by Gasteiger charge is -2.27. The quantitative estimate of drug-likeness (QED) is 0.865. The minimum Gasteiger partial charge on any atom is -0.478 e. The summed E-state index contributed by atoms with van der Waals surface area (Å²) >= 11 is 0. The molecule has 1 aromatic rings. The van der Waals surface area contributed by atoms with Crippen molar-refractivity contribution in [1.82, 2.24) is 9.97 Å². The first kappa shape index (κ1) is 14.8. The van der Waals surface area contributed by atoms with E-state index in [4.69, 9.17) is 5.11 Å². The predicted octanol–water partition coefficient (Wildman–Crippen LogP) is 3.11. The van der Waals surface area contributed by atoms with Gasteiger partial charge in [-0.3, -0.25) is 0 Å². The van der Waals surface area contributed by atoms with Crippen LogP contribution in [0, 0.1) is 18.8 Å². The first-order valence-electron chi connectivity index (χ1n) is 7.41. The van der Waals surface area contributed by atoms with Crippen molar-refractivity contribution < 1.29 is 9.90 Å². The van der Waals surface area contributed by atoms with E-state index in [0.29, 0.717) is 17.6 Å². The van der Waals surface area contributed by atoms with Crippen molar-refractivity contribution in [2.24, 2.45) is 11.8 Å². The van der Waals surface area contributed by atoms with Crippen LogP contribution in [0.25, 0.3) is 0 Å². The van der Waals surface area contributed by atoms with Crippen LogP contribution in [0.15, 0.2) is 6.20 Å². The molecule has 0 radical (unpaired) electrons. The fourth-order valence-corrected chi connectivity index (χ4v) is 2.84. The predicted molar refractivity (Wildman–Crippen MR) is 78.0 cm³/mol. The Morgan fingerprint density at radius 2 is 2.00 bits per heavy atom. The van der Waals surface area contributed by atoms with Crippen molar-refractivity contribution in [1.29, 1.82) is 0 Å². The molecule has 5 nitrogen and oxygen atoms in total. The van der Waals surface area contributed by atoms with Crippen molar-refractivity contribution in [3.63, 3.8) is 0 Å². The third-order valence-electron chi connectivity index (χ3n) is 4.30. The highest BCUT2D eigenvalue weighted by Crippen LogP contribution is 2.30. The molecule has 1 aliphatic rings. The van der Waals surface area contributed by atoms with Crippen molar-refractivity contribution in [3.8, 4) is 0 Å². The van der Waals surface area contributed by atoms with Gasteiger partial charge in [0.25, 0.3) is 0 Å². The van der Waals surface area contributed by atoms with Gasteiger partial charge in [0.2, 0.25) is 5.95 Å². The molecule has 0 bridgehead atoms. The summed E-state index contributed by atoms with van der Waals surface area (Å²) in [6.45, 7) is 4.84. The Balaban J connectivity index is 1.85. The Morgan fingerprint density at radius 3 is 2.55 bits per heavy atom. The van der Waals surface area contributed by atoms with E-state index in [0.717, 1.165) is 12.5 Å². The van der Waals surface area contributed by atoms with Crippen LogP contribution in [-0.2, 0) is 0 Å². The number of nitrogens with one attached hydrogen (secondary N) is 1. The lowest BCUT2D eigenvalue weighted by atomic mass is 9.81. The number of rotatable bonds is 5. The van der Waals surface area contributed by atoms with Crippen LogP contribution in [-0.4, -0.2) is 27.6 Å². The van der Waals surface area contributed by atoms with Gasteiger partial charge in [-0.05, 0) is 31.6 Å². The largest absolute Gasteiger partial charge is 0.478 e. The third-order valence-corrected chi connectivity index (χ3v) is 4.30. The first-order valence-corrected chi connectivity index (χ1v) is 7.41. The van der Waals surface area contributed by atoms with Crippen LogP contribution in [0.5, 0.6) is 0 Å². The van der Waals surface area contributed by atoms with Gasteiger partial charge in [0.05, 0.1) is 11.3 Å². The minimum atomic E-state index is -0.980. The SMILES string of the molecule is CCC1CCC(CNc2ncc(C(=O)O)c(C)n2)CC1. The number of hydrogen-bond donors (Lipinski definition) is 2. The second-order valence-electron chi connectivity index (χ2n) is 5.67.